The molecule has 2 heterocycles. The molecule has 1 amide bonds. The van der Waals surface area contributed by atoms with Crippen molar-refractivity contribution in [2.45, 2.75) is 13.0 Å². The van der Waals surface area contributed by atoms with E-state index in [1.165, 1.54) is 12.1 Å². The van der Waals surface area contributed by atoms with Gasteiger partial charge < -0.3 is 9.80 Å². The van der Waals surface area contributed by atoms with Gasteiger partial charge in [-0.2, -0.15) is 4.39 Å². The summed E-state index contributed by atoms with van der Waals surface area (Å²) in [5.74, 6) is -0.803. The average molecular weight is 237 g/mol. The fourth-order valence-corrected chi connectivity index (χ4v) is 2.12. The number of likely N-dealkylation sites (N-methyl/N-ethyl adjacent to an activating group) is 1. The van der Waals surface area contributed by atoms with Crippen molar-refractivity contribution < 1.29 is 9.18 Å². The number of carbonyl (C=O) groups excluding carboxylic acids is 1. The van der Waals surface area contributed by atoms with Crippen LogP contribution in [0.25, 0.3) is 0 Å². The van der Waals surface area contributed by atoms with Crippen molar-refractivity contribution >= 4 is 5.91 Å². The van der Waals surface area contributed by atoms with Crippen LogP contribution in [0.3, 0.4) is 0 Å². The highest BCUT2D eigenvalue weighted by Gasteiger charge is 2.27. The molecule has 92 valence electrons. The Bertz CT molecular complexity index is 424. The lowest BCUT2D eigenvalue weighted by molar-refractivity contribution is 0.0526. The van der Waals surface area contributed by atoms with Gasteiger partial charge in [-0.3, -0.25) is 4.79 Å². The number of hydrogen-bond acceptors (Lipinski definition) is 3. The first-order chi connectivity index (χ1) is 8.08. The Morgan fingerprint density at radius 3 is 2.88 bits per heavy atom. The first-order valence-corrected chi connectivity index (χ1v) is 5.70. The molecule has 1 aliphatic heterocycles. The number of pyridine rings is 1. The van der Waals surface area contributed by atoms with E-state index in [9.17, 15) is 9.18 Å². The van der Waals surface area contributed by atoms with E-state index in [1.54, 1.807) is 11.0 Å². The highest BCUT2D eigenvalue weighted by atomic mass is 19.1. The molecule has 0 aromatic carbocycles. The molecule has 0 spiro atoms. The summed E-state index contributed by atoms with van der Waals surface area (Å²) in [6.07, 6.45) is 0. The van der Waals surface area contributed by atoms with Crippen molar-refractivity contribution in [3.63, 3.8) is 0 Å². The Hall–Kier alpha value is -1.49. The molecule has 1 unspecified atom stereocenters. The summed E-state index contributed by atoms with van der Waals surface area (Å²) in [5.41, 5.74) is 0.182. The van der Waals surface area contributed by atoms with Gasteiger partial charge in [0.15, 0.2) is 0 Å². The minimum atomic E-state index is -0.613. The summed E-state index contributed by atoms with van der Waals surface area (Å²) in [5, 5.41) is 0. The standard InChI is InChI=1S/C12H16FN3O/c1-9-8-15(2)6-7-16(9)12(17)10-4-3-5-11(13)14-10/h3-5,9H,6-8H2,1-2H3. The Morgan fingerprint density at radius 1 is 1.47 bits per heavy atom. The van der Waals surface area contributed by atoms with Crippen molar-refractivity contribution in [3.8, 4) is 0 Å². The molecule has 0 bridgehead atoms. The molecule has 1 atom stereocenters. The highest BCUT2D eigenvalue weighted by Crippen LogP contribution is 2.12. The van der Waals surface area contributed by atoms with Gasteiger partial charge in [-0.25, -0.2) is 4.98 Å². The van der Waals surface area contributed by atoms with Gasteiger partial charge in [-0.15, -0.1) is 0 Å². The lowest BCUT2D eigenvalue weighted by Gasteiger charge is -2.38. The van der Waals surface area contributed by atoms with Crippen LogP contribution in [0.2, 0.25) is 0 Å². The molecule has 2 rings (SSSR count). The van der Waals surface area contributed by atoms with Crippen LogP contribution in [0.4, 0.5) is 4.39 Å². The van der Waals surface area contributed by atoms with Crippen LogP contribution in [0.15, 0.2) is 18.2 Å². The molecule has 17 heavy (non-hydrogen) atoms. The van der Waals surface area contributed by atoms with Crippen LogP contribution in [0.5, 0.6) is 0 Å². The second kappa shape index (κ2) is 4.79. The summed E-state index contributed by atoms with van der Waals surface area (Å²) in [7, 11) is 2.03. The first kappa shape index (κ1) is 12.0. The van der Waals surface area contributed by atoms with Gasteiger partial charge in [0, 0.05) is 25.7 Å². The van der Waals surface area contributed by atoms with Crippen LogP contribution in [0.1, 0.15) is 17.4 Å². The van der Waals surface area contributed by atoms with Gasteiger partial charge in [-0.05, 0) is 26.1 Å². The third-order valence-electron chi connectivity index (χ3n) is 3.03. The van der Waals surface area contributed by atoms with Crippen LogP contribution in [-0.2, 0) is 0 Å². The number of halogens is 1. The normalized spacial score (nSPS) is 21.6. The van der Waals surface area contributed by atoms with Gasteiger partial charge in [0.1, 0.15) is 5.69 Å². The largest absolute Gasteiger partial charge is 0.332 e. The van der Waals surface area contributed by atoms with Gasteiger partial charge in [-0.1, -0.05) is 6.07 Å². The van der Waals surface area contributed by atoms with Crippen LogP contribution < -0.4 is 0 Å². The number of carbonyl (C=O) groups is 1. The molecule has 0 radical (unpaired) electrons. The fourth-order valence-electron chi connectivity index (χ4n) is 2.12. The smallest absolute Gasteiger partial charge is 0.272 e. The first-order valence-electron chi connectivity index (χ1n) is 5.70. The Labute approximate surface area is 100 Å². The lowest BCUT2D eigenvalue weighted by Crippen LogP contribution is -2.52. The van der Waals surface area contributed by atoms with E-state index in [1.807, 2.05) is 14.0 Å². The van der Waals surface area contributed by atoms with Crippen molar-refractivity contribution in [1.29, 1.82) is 0 Å². The summed E-state index contributed by atoms with van der Waals surface area (Å²) < 4.78 is 13.0. The minimum absolute atomic E-state index is 0.131. The van der Waals surface area contributed by atoms with Gasteiger partial charge >= 0.3 is 0 Å². The fraction of sp³-hybridized carbons (Fsp3) is 0.500. The van der Waals surface area contributed by atoms with Crippen molar-refractivity contribution in [3.05, 3.63) is 29.8 Å². The monoisotopic (exact) mass is 237 g/mol. The third kappa shape index (κ3) is 2.61. The summed E-state index contributed by atoms with van der Waals surface area (Å²) in [6.45, 7) is 4.33. The average Bonchev–Trinajstić information content (AvgIpc) is 2.28. The number of rotatable bonds is 1. The molecular formula is C12H16FN3O. The van der Waals surface area contributed by atoms with Crippen LogP contribution >= 0.6 is 0 Å². The van der Waals surface area contributed by atoms with Gasteiger partial charge in [0.25, 0.3) is 5.91 Å². The SMILES string of the molecule is CC1CN(C)CCN1C(=O)c1cccc(F)n1. The van der Waals surface area contributed by atoms with Gasteiger partial charge in [0.05, 0.1) is 0 Å². The second-order valence-electron chi connectivity index (χ2n) is 4.46. The van der Waals surface area contributed by atoms with E-state index in [0.29, 0.717) is 6.54 Å². The van der Waals surface area contributed by atoms with E-state index < -0.39 is 5.95 Å². The third-order valence-corrected chi connectivity index (χ3v) is 3.03. The Morgan fingerprint density at radius 2 is 2.24 bits per heavy atom. The zero-order valence-corrected chi connectivity index (χ0v) is 10.1. The lowest BCUT2D eigenvalue weighted by atomic mass is 10.2. The van der Waals surface area contributed by atoms with Crippen molar-refractivity contribution in [1.82, 2.24) is 14.8 Å². The maximum absolute atomic E-state index is 13.0. The minimum Gasteiger partial charge on any atom is -0.332 e. The molecule has 1 aromatic rings. The molecule has 4 nitrogen and oxygen atoms in total. The van der Waals surface area contributed by atoms with Crippen LogP contribution in [0, 0.1) is 5.95 Å². The van der Waals surface area contributed by atoms with E-state index in [-0.39, 0.29) is 17.6 Å². The second-order valence-corrected chi connectivity index (χ2v) is 4.46. The highest BCUT2D eigenvalue weighted by molar-refractivity contribution is 5.92. The Balaban J connectivity index is 2.15. The Kier molecular flexibility index (Phi) is 3.38. The molecular weight excluding hydrogens is 221 g/mol. The predicted molar refractivity (Wildman–Crippen MR) is 62.2 cm³/mol. The van der Waals surface area contributed by atoms with E-state index in [4.69, 9.17) is 0 Å². The zero-order valence-electron chi connectivity index (χ0n) is 10.1. The van der Waals surface area contributed by atoms with Crippen molar-refractivity contribution in [2.24, 2.45) is 0 Å². The topological polar surface area (TPSA) is 36.4 Å². The van der Waals surface area contributed by atoms with E-state index in [0.717, 1.165) is 13.1 Å². The molecule has 0 N–H and O–H groups in total. The van der Waals surface area contributed by atoms with E-state index in [2.05, 4.69) is 9.88 Å². The molecule has 0 saturated carbocycles. The molecule has 0 aliphatic carbocycles. The summed E-state index contributed by atoms with van der Waals surface area (Å²) in [6, 6.07) is 4.43. The summed E-state index contributed by atoms with van der Waals surface area (Å²) >= 11 is 0. The number of amides is 1. The molecule has 1 aromatic heterocycles. The number of piperazine rings is 1. The quantitative estimate of drug-likeness (QED) is 0.684. The zero-order chi connectivity index (χ0) is 12.4. The van der Waals surface area contributed by atoms with E-state index >= 15 is 0 Å². The molecule has 5 heteroatoms. The molecule has 1 aliphatic rings. The maximum atomic E-state index is 13.0. The van der Waals surface area contributed by atoms with Crippen molar-refractivity contribution in [2.75, 3.05) is 26.7 Å². The summed E-state index contributed by atoms with van der Waals surface area (Å²) in [4.78, 5) is 19.7. The molecule has 1 saturated heterocycles. The predicted octanol–water partition coefficient (Wildman–Crippen LogP) is 0.997. The van der Waals surface area contributed by atoms with Crippen LogP contribution in [-0.4, -0.2) is 53.4 Å². The molecule has 1 fully saturated rings. The number of hydrogen-bond donors (Lipinski definition) is 0. The number of nitrogens with zero attached hydrogens (tertiary/aromatic N) is 3. The number of aromatic nitrogens is 1. The van der Waals surface area contributed by atoms with Gasteiger partial charge in [0.2, 0.25) is 5.95 Å². The maximum Gasteiger partial charge on any atom is 0.272 e.